The van der Waals surface area contributed by atoms with Crippen LogP contribution in [0.1, 0.15) is 55.1 Å². The molecule has 0 unspecified atom stereocenters. The Morgan fingerprint density at radius 3 is 2.76 bits per heavy atom. The first kappa shape index (κ1) is 18.9. The first-order chi connectivity index (χ1) is 14.2. The monoisotopic (exact) mass is 410 g/mol. The van der Waals surface area contributed by atoms with Crippen LogP contribution in [0.25, 0.3) is 0 Å². The minimum Gasteiger partial charge on any atom is -0.369 e. The van der Waals surface area contributed by atoms with Crippen molar-refractivity contribution >= 4 is 22.6 Å². The van der Waals surface area contributed by atoms with E-state index in [2.05, 4.69) is 28.6 Å². The number of rotatable bonds is 4. The Balaban J connectivity index is 1.59. The molecule has 0 N–H and O–H groups in total. The smallest absolute Gasteiger partial charge is 0.160 e. The van der Waals surface area contributed by atoms with Crippen molar-refractivity contribution in [3.8, 4) is 0 Å². The van der Waals surface area contributed by atoms with E-state index in [0.717, 1.165) is 65.8 Å². The van der Waals surface area contributed by atoms with Gasteiger partial charge in [-0.2, -0.15) is 0 Å². The molecule has 152 valence electrons. The molecule has 2 fully saturated rings. The zero-order valence-electron chi connectivity index (χ0n) is 17.0. The molecule has 0 spiro atoms. The van der Waals surface area contributed by atoms with Crippen LogP contribution < -0.4 is 4.90 Å². The summed E-state index contributed by atoms with van der Waals surface area (Å²) in [5.41, 5.74) is 3.89. The highest BCUT2D eigenvalue weighted by molar-refractivity contribution is 8.14. The van der Waals surface area contributed by atoms with Gasteiger partial charge in [-0.15, -0.1) is 0 Å². The van der Waals surface area contributed by atoms with Crippen molar-refractivity contribution in [2.45, 2.75) is 51.2 Å². The molecule has 1 aromatic heterocycles. The van der Waals surface area contributed by atoms with E-state index >= 15 is 4.39 Å². The minimum atomic E-state index is -0.111. The van der Waals surface area contributed by atoms with Crippen LogP contribution in [-0.2, 0) is 0 Å². The molecule has 3 atom stereocenters. The number of benzene rings is 1. The molecular formula is C23H27FN4S. The molecular weight excluding hydrogens is 383 g/mol. The van der Waals surface area contributed by atoms with E-state index in [1.807, 2.05) is 42.2 Å². The normalized spacial score (nSPS) is 26.2. The first-order valence-electron chi connectivity index (χ1n) is 10.6. The summed E-state index contributed by atoms with van der Waals surface area (Å²) in [5.74, 6) is 0.939. The van der Waals surface area contributed by atoms with Crippen LogP contribution >= 0.6 is 11.8 Å². The average Bonchev–Trinajstić information content (AvgIpc) is 3.47. The van der Waals surface area contributed by atoms with E-state index in [1.165, 1.54) is 0 Å². The number of aryl methyl sites for hydroxylation is 1. The van der Waals surface area contributed by atoms with E-state index < -0.39 is 0 Å². The lowest BCUT2D eigenvalue weighted by atomic mass is 9.91. The van der Waals surface area contributed by atoms with Gasteiger partial charge in [0, 0.05) is 31.1 Å². The second-order valence-electron chi connectivity index (χ2n) is 8.19. The van der Waals surface area contributed by atoms with Crippen LogP contribution in [-0.4, -0.2) is 39.9 Å². The van der Waals surface area contributed by atoms with Crippen molar-refractivity contribution in [3.63, 3.8) is 0 Å². The summed E-state index contributed by atoms with van der Waals surface area (Å²) in [5, 5.41) is 1.08. The van der Waals surface area contributed by atoms with Gasteiger partial charge in [-0.1, -0.05) is 24.8 Å². The molecule has 2 aromatic rings. The fraction of sp³-hybridized carbons (Fsp3) is 0.478. The van der Waals surface area contributed by atoms with Crippen molar-refractivity contribution in [2.75, 3.05) is 23.7 Å². The molecule has 2 saturated heterocycles. The highest BCUT2D eigenvalue weighted by Crippen LogP contribution is 2.49. The second kappa shape index (κ2) is 7.63. The molecule has 1 aromatic carbocycles. The van der Waals surface area contributed by atoms with Crippen LogP contribution in [0.3, 0.4) is 0 Å². The second-order valence-corrected chi connectivity index (χ2v) is 9.18. The van der Waals surface area contributed by atoms with Crippen molar-refractivity contribution < 1.29 is 4.39 Å². The molecule has 0 saturated carbocycles. The number of aliphatic imine (C=N–C) groups is 1. The van der Waals surface area contributed by atoms with Gasteiger partial charge in [0.1, 0.15) is 11.9 Å². The van der Waals surface area contributed by atoms with Crippen LogP contribution in [0.2, 0.25) is 0 Å². The van der Waals surface area contributed by atoms with Gasteiger partial charge in [0.15, 0.2) is 5.17 Å². The number of hydrogen-bond donors (Lipinski definition) is 0. The summed E-state index contributed by atoms with van der Waals surface area (Å²) in [6.07, 6.45) is 5.17. The molecule has 6 heteroatoms. The number of pyridine rings is 1. The molecule has 0 radical (unpaired) electrons. The largest absolute Gasteiger partial charge is 0.369 e. The van der Waals surface area contributed by atoms with Crippen molar-refractivity contribution in [2.24, 2.45) is 4.99 Å². The summed E-state index contributed by atoms with van der Waals surface area (Å²) in [4.78, 5) is 14.3. The fourth-order valence-corrected chi connectivity index (χ4v) is 6.23. The van der Waals surface area contributed by atoms with Gasteiger partial charge in [0.2, 0.25) is 0 Å². The summed E-state index contributed by atoms with van der Waals surface area (Å²) >= 11 is 1.82. The van der Waals surface area contributed by atoms with Gasteiger partial charge >= 0.3 is 0 Å². The number of aromatic nitrogens is 1. The summed E-state index contributed by atoms with van der Waals surface area (Å²) < 4.78 is 15.3. The molecule has 0 amide bonds. The average molecular weight is 411 g/mol. The van der Waals surface area contributed by atoms with Crippen LogP contribution in [0.4, 0.5) is 10.1 Å². The van der Waals surface area contributed by atoms with Crippen molar-refractivity contribution in [3.05, 3.63) is 59.2 Å². The van der Waals surface area contributed by atoms with E-state index in [1.54, 1.807) is 6.07 Å². The van der Waals surface area contributed by atoms with E-state index in [9.17, 15) is 0 Å². The Morgan fingerprint density at radius 1 is 1.21 bits per heavy atom. The Hall–Kier alpha value is -2.08. The first-order valence-corrected chi connectivity index (χ1v) is 11.6. The Kier molecular flexibility index (Phi) is 4.98. The van der Waals surface area contributed by atoms with Crippen molar-refractivity contribution in [1.29, 1.82) is 0 Å². The lowest BCUT2D eigenvalue weighted by Crippen LogP contribution is -2.35. The third-order valence-corrected chi connectivity index (χ3v) is 7.56. The van der Waals surface area contributed by atoms with Crippen molar-refractivity contribution in [1.82, 2.24) is 9.88 Å². The van der Waals surface area contributed by atoms with Gasteiger partial charge in [0.05, 0.1) is 17.4 Å². The highest BCUT2D eigenvalue weighted by Gasteiger charge is 2.46. The van der Waals surface area contributed by atoms with Gasteiger partial charge < -0.3 is 9.80 Å². The molecule has 3 aliphatic heterocycles. The SMILES string of the molecule is CC[C@H]1CSC2=N[C@H](c3ccccn3)[C@@H](c3cc(F)c(N4CCCC4)cc3C)N21. The Bertz CT molecular complexity index is 926. The number of nitrogens with zero attached hydrogens (tertiary/aromatic N) is 4. The molecule has 4 nitrogen and oxygen atoms in total. The highest BCUT2D eigenvalue weighted by atomic mass is 32.2. The minimum absolute atomic E-state index is 0.00183. The van der Waals surface area contributed by atoms with Gasteiger partial charge in [-0.3, -0.25) is 9.98 Å². The standard InChI is InChI=1S/C23H27FN4S/c1-3-16-14-29-23-26-21(19-8-4-5-9-25-19)22(28(16)23)17-13-18(24)20(12-15(17)2)27-10-6-7-11-27/h4-5,8-9,12-13,16,21-22H,3,6-7,10-11,14H2,1-2H3/t16-,21+,22+/m0/s1. The Morgan fingerprint density at radius 2 is 2.03 bits per heavy atom. The topological polar surface area (TPSA) is 31.7 Å². The zero-order valence-corrected chi connectivity index (χ0v) is 17.8. The van der Waals surface area contributed by atoms with Crippen LogP contribution in [0.15, 0.2) is 41.5 Å². The number of thioether (sulfide) groups is 1. The Labute approximate surface area is 176 Å². The predicted octanol–water partition coefficient (Wildman–Crippen LogP) is 5.11. The quantitative estimate of drug-likeness (QED) is 0.701. The van der Waals surface area contributed by atoms with Gasteiger partial charge in [0.25, 0.3) is 0 Å². The maximum absolute atomic E-state index is 15.3. The molecule has 0 aliphatic carbocycles. The van der Waals surface area contributed by atoms with E-state index in [-0.39, 0.29) is 17.9 Å². The number of hydrogen-bond acceptors (Lipinski definition) is 5. The lowest BCUT2D eigenvalue weighted by molar-refractivity contribution is 0.254. The summed E-state index contributed by atoms with van der Waals surface area (Å²) in [6.45, 7) is 6.24. The lowest BCUT2D eigenvalue weighted by Gasteiger charge is -2.33. The molecule has 0 bridgehead atoms. The van der Waals surface area contributed by atoms with E-state index in [4.69, 9.17) is 4.99 Å². The van der Waals surface area contributed by atoms with E-state index in [0.29, 0.717) is 6.04 Å². The summed E-state index contributed by atoms with van der Waals surface area (Å²) in [6, 6.07) is 10.1. The van der Waals surface area contributed by atoms with Gasteiger partial charge in [-0.05, 0) is 61.6 Å². The molecule has 29 heavy (non-hydrogen) atoms. The maximum atomic E-state index is 15.3. The predicted molar refractivity (Wildman–Crippen MR) is 118 cm³/mol. The fourth-order valence-electron chi connectivity index (χ4n) is 4.89. The molecule has 5 rings (SSSR count). The molecule has 4 heterocycles. The third-order valence-electron chi connectivity index (χ3n) is 6.43. The summed E-state index contributed by atoms with van der Waals surface area (Å²) in [7, 11) is 0. The number of halogens is 1. The van der Waals surface area contributed by atoms with Crippen LogP contribution in [0, 0.1) is 12.7 Å². The maximum Gasteiger partial charge on any atom is 0.160 e. The number of fused-ring (bicyclic) bond motifs is 1. The van der Waals surface area contributed by atoms with Gasteiger partial charge in [-0.25, -0.2) is 4.39 Å². The molecule has 3 aliphatic rings. The number of anilines is 1. The number of amidine groups is 1. The zero-order chi connectivity index (χ0) is 20.0. The van der Waals surface area contributed by atoms with Crippen LogP contribution in [0.5, 0.6) is 0 Å². The third kappa shape index (κ3) is 3.21.